The zero-order valence-electron chi connectivity index (χ0n) is 23.8. The Kier molecular flexibility index (Phi) is 21.5. The topological polar surface area (TPSA) is 49.8 Å². The summed E-state index contributed by atoms with van der Waals surface area (Å²) in [6.45, 7) is 8.93. The lowest BCUT2D eigenvalue weighted by Gasteiger charge is -2.22. The van der Waals surface area contributed by atoms with Crippen molar-refractivity contribution >= 4 is 5.97 Å². The van der Waals surface area contributed by atoms with Gasteiger partial charge in [-0.05, 0) is 69.6 Å². The Balaban J connectivity index is 2.06. The molecule has 208 valence electrons. The molecule has 0 radical (unpaired) electrons. The summed E-state index contributed by atoms with van der Waals surface area (Å²) in [6, 6.07) is 6.22. The molecule has 0 bridgehead atoms. The molecule has 0 amide bonds. The molecule has 1 rings (SSSR count). The molecule has 0 fully saturated rings. The van der Waals surface area contributed by atoms with Crippen LogP contribution in [-0.2, 0) is 4.74 Å². The normalized spacial score (nSPS) is 11.3. The third-order valence-corrected chi connectivity index (χ3v) is 7.11. The molecule has 0 heterocycles. The maximum absolute atomic E-state index is 12.0. The van der Waals surface area contributed by atoms with E-state index in [1.807, 2.05) is 0 Å². The number of ether oxygens (including phenoxy) is 1. The lowest BCUT2D eigenvalue weighted by Crippen LogP contribution is -2.27. The van der Waals surface area contributed by atoms with Gasteiger partial charge in [-0.2, -0.15) is 0 Å². The van der Waals surface area contributed by atoms with E-state index in [1.54, 1.807) is 12.1 Å². The summed E-state index contributed by atoms with van der Waals surface area (Å²) in [5.74, 6) is -0.142. The minimum Gasteiger partial charge on any atom is -0.508 e. The van der Waals surface area contributed by atoms with Crippen LogP contribution in [0.3, 0.4) is 0 Å². The highest BCUT2D eigenvalue weighted by molar-refractivity contribution is 5.89. The molecular weight excluding hydrogens is 446 g/mol. The molecule has 0 atom stereocenters. The van der Waals surface area contributed by atoms with E-state index in [4.69, 9.17) is 4.74 Å². The Labute approximate surface area is 223 Å². The molecule has 1 aromatic carbocycles. The summed E-state index contributed by atoms with van der Waals surface area (Å²) in [7, 11) is 0. The molecule has 0 saturated heterocycles. The van der Waals surface area contributed by atoms with Crippen molar-refractivity contribution in [1.29, 1.82) is 0 Å². The molecule has 0 aromatic heterocycles. The molecule has 4 nitrogen and oxygen atoms in total. The van der Waals surface area contributed by atoms with Crippen LogP contribution in [0.25, 0.3) is 0 Å². The first-order chi connectivity index (χ1) is 17.7. The first-order valence-corrected chi connectivity index (χ1v) is 15.4. The van der Waals surface area contributed by atoms with Gasteiger partial charge in [-0.1, -0.05) is 110 Å². The Morgan fingerprint density at radius 2 is 1.00 bits per heavy atom. The standard InChI is InChI=1S/C32H57NO3/c1-3-5-7-9-14-18-26-33(27-19-15-10-8-6-4-2)28-20-16-12-11-13-17-21-29-36-32(35)30-22-24-31(34)25-23-30/h22-25,34H,3-21,26-29H2,1-2H3. The highest BCUT2D eigenvalue weighted by Crippen LogP contribution is 2.13. The molecule has 0 aliphatic heterocycles. The monoisotopic (exact) mass is 503 g/mol. The molecule has 0 aliphatic rings. The smallest absolute Gasteiger partial charge is 0.338 e. The highest BCUT2D eigenvalue weighted by atomic mass is 16.5. The van der Waals surface area contributed by atoms with Crippen molar-refractivity contribution in [3.8, 4) is 5.75 Å². The molecule has 0 unspecified atom stereocenters. The van der Waals surface area contributed by atoms with E-state index in [-0.39, 0.29) is 11.7 Å². The second-order valence-electron chi connectivity index (χ2n) is 10.5. The summed E-state index contributed by atoms with van der Waals surface area (Å²) in [5, 5.41) is 9.30. The van der Waals surface area contributed by atoms with E-state index in [2.05, 4.69) is 18.7 Å². The second-order valence-corrected chi connectivity index (χ2v) is 10.5. The summed E-state index contributed by atoms with van der Waals surface area (Å²) >= 11 is 0. The van der Waals surface area contributed by atoms with Crippen molar-refractivity contribution in [2.45, 2.75) is 136 Å². The maximum Gasteiger partial charge on any atom is 0.338 e. The number of aromatic hydroxyl groups is 1. The zero-order valence-corrected chi connectivity index (χ0v) is 23.8. The Morgan fingerprint density at radius 3 is 1.44 bits per heavy atom. The highest BCUT2D eigenvalue weighted by Gasteiger charge is 2.07. The average Bonchev–Trinajstić information content (AvgIpc) is 2.88. The molecule has 1 aromatic rings. The Bertz CT molecular complexity index is 600. The van der Waals surface area contributed by atoms with Gasteiger partial charge in [0.15, 0.2) is 0 Å². The predicted octanol–water partition coefficient (Wildman–Crippen LogP) is 9.30. The number of rotatable bonds is 25. The SMILES string of the molecule is CCCCCCCCN(CCCCCCCC)CCCCCCCCCOC(=O)c1ccc(O)cc1. The van der Waals surface area contributed by atoms with Crippen molar-refractivity contribution in [1.82, 2.24) is 4.90 Å². The fraction of sp³-hybridized carbons (Fsp3) is 0.781. The number of phenolic OH excluding ortho intramolecular Hbond substituents is 1. The summed E-state index contributed by atoms with van der Waals surface area (Å²) in [6.07, 6.45) is 25.2. The maximum atomic E-state index is 12.0. The van der Waals surface area contributed by atoms with E-state index >= 15 is 0 Å². The van der Waals surface area contributed by atoms with Crippen LogP contribution in [-0.4, -0.2) is 42.2 Å². The van der Waals surface area contributed by atoms with Crippen LogP contribution in [0.4, 0.5) is 0 Å². The van der Waals surface area contributed by atoms with Gasteiger partial charge in [-0.3, -0.25) is 0 Å². The number of unbranched alkanes of at least 4 members (excludes halogenated alkanes) is 16. The fourth-order valence-corrected chi connectivity index (χ4v) is 4.73. The number of carbonyl (C=O) groups excluding carboxylic acids is 1. The molecule has 0 saturated carbocycles. The van der Waals surface area contributed by atoms with Gasteiger partial charge in [0.2, 0.25) is 0 Å². The Hall–Kier alpha value is -1.55. The van der Waals surface area contributed by atoms with E-state index in [0.29, 0.717) is 12.2 Å². The fourth-order valence-electron chi connectivity index (χ4n) is 4.73. The van der Waals surface area contributed by atoms with Crippen molar-refractivity contribution in [3.05, 3.63) is 29.8 Å². The minimum atomic E-state index is -0.304. The first kappa shape index (κ1) is 32.5. The summed E-state index contributed by atoms with van der Waals surface area (Å²) < 4.78 is 5.33. The lowest BCUT2D eigenvalue weighted by atomic mass is 10.1. The number of hydrogen-bond donors (Lipinski definition) is 1. The molecule has 1 N–H and O–H groups in total. The van der Waals surface area contributed by atoms with E-state index in [0.717, 1.165) is 12.8 Å². The van der Waals surface area contributed by atoms with Gasteiger partial charge in [0.05, 0.1) is 12.2 Å². The third kappa shape index (κ3) is 18.7. The Morgan fingerprint density at radius 1 is 0.611 bits per heavy atom. The number of carbonyl (C=O) groups is 1. The van der Waals surface area contributed by atoms with Gasteiger partial charge < -0.3 is 14.7 Å². The molecule has 0 aliphatic carbocycles. The zero-order chi connectivity index (χ0) is 26.1. The van der Waals surface area contributed by atoms with Gasteiger partial charge in [-0.15, -0.1) is 0 Å². The molecular formula is C32H57NO3. The third-order valence-electron chi connectivity index (χ3n) is 7.11. The van der Waals surface area contributed by atoms with Crippen LogP contribution in [0.1, 0.15) is 146 Å². The summed E-state index contributed by atoms with van der Waals surface area (Å²) in [5.41, 5.74) is 0.495. The van der Waals surface area contributed by atoms with Crippen molar-refractivity contribution < 1.29 is 14.6 Å². The first-order valence-electron chi connectivity index (χ1n) is 15.4. The predicted molar refractivity (Wildman–Crippen MR) is 154 cm³/mol. The lowest BCUT2D eigenvalue weighted by molar-refractivity contribution is 0.0497. The number of phenols is 1. The van der Waals surface area contributed by atoms with Gasteiger partial charge in [0, 0.05) is 0 Å². The van der Waals surface area contributed by atoms with Crippen LogP contribution in [0.15, 0.2) is 24.3 Å². The quantitative estimate of drug-likeness (QED) is 0.107. The number of hydrogen-bond acceptors (Lipinski definition) is 4. The van der Waals surface area contributed by atoms with Crippen molar-refractivity contribution in [3.63, 3.8) is 0 Å². The van der Waals surface area contributed by atoms with Gasteiger partial charge in [0.1, 0.15) is 5.75 Å². The largest absolute Gasteiger partial charge is 0.508 e. The van der Waals surface area contributed by atoms with E-state index in [9.17, 15) is 9.90 Å². The average molecular weight is 504 g/mol. The second kappa shape index (κ2) is 23.8. The van der Waals surface area contributed by atoms with Gasteiger partial charge in [0.25, 0.3) is 0 Å². The number of benzene rings is 1. The molecule has 36 heavy (non-hydrogen) atoms. The molecule has 4 heteroatoms. The van der Waals surface area contributed by atoms with Crippen LogP contribution >= 0.6 is 0 Å². The van der Waals surface area contributed by atoms with Crippen molar-refractivity contribution in [2.75, 3.05) is 26.2 Å². The summed E-state index contributed by atoms with van der Waals surface area (Å²) in [4.78, 5) is 14.7. The minimum absolute atomic E-state index is 0.162. The van der Waals surface area contributed by atoms with E-state index in [1.165, 1.54) is 141 Å². The molecule has 0 spiro atoms. The van der Waals surface area contributed by atoms with E-state index < -0.39 is 0 Å². The van der Waals surface area contributed by atoms with Crippen LogP contribution in [0, 0.1) is 0 Å². The van der Waals surface area contributed by atoms with Crippen LogP contribution < -0.4 is 0 Å². The van der Waals surface area contributed by atoms with Gasteiger partial charge in [-0.25, -0.2) is 4.79 Å². The van der Waals surface area contributed by atoms with Crippen LogP contribution in [0.2, 0.25) is 0 Å². The van der Waals surface area contributed by atoms with Crippen molar-refractivity contribution in [2.24, 2.45) is 0 Å². The number of nitrogens with zero attached hydrogens (tertiary/aromatic N) is 1. The van der Waals surface area contributed by atoms with Crippen LogP contribution in [0.5, 0.6) is 5.75 Å². The van der Waals surface area contributed by atoms with Gasteiger partial charge >= 0.3 is 5.97 Å². The number of esters is 1.